The first-order valence-corrected chi connectivity index (χ1v) is 6.77. The second-order valence-corrected chi connectivity index (χ2v) is 4.81. The Bertz CT molecular complexity index is 636. The molecule has 2 rings (SSSR count). The van der Waals surface area contributed by atoms with E-state index in [2.05, 4.69) is 4.98 Å². The van der Waals surface area contributed by atoms with E-state index in [9.17, 15) is 4.79 Å². The molecule has 0 fully saturated rings. The summed E-state index contributed by atoms with van der Waals surface area (Å²) in [5.41, 5.74) is 7.55. The zero-order valence-corrected chi connectivity index (χ0v) is 12.5. The monoisotopic (exact) mass is 288 g/mol. The van der Waals surface area contributed by atoms with Crippen LogP contribution in [-0.4, -0.2) is 29.2 Å². The lowest BCUT2D eigenvalue weighted by molar-refractivity contribution is 0.0527. The number of hydrogen-bond acceptors (Lipinski definition) is 5. The van der Waals surface area contributed by atoms with Gasteiger partial charge in [-0.2, -0.15) is 0 Å². The van der Waals surface area contributed by atoms with Gasteiger partial charge in [0.05, 0.1) is 24.4 Å². The van der Waals surface area contributed by atoms with E-state index in [1.807, 2.05) is 35.8 Å². The number of anilines is 2. The van der Waals surface area contributed by atoms with Crippen LogP contribution in [0.2, 0.25) is 0 Å². The van der Waals surface area contributed by atoms with Crippen molar-refractivity contribution in [3.8, 4) is 0 Å². The maximum atomic E-state index is 12.1. The third kappa shape index (κ3) is 3.34. The maximum Gasteiger partial charge on any atom is 0.340 e. The van der Waals surface area contributed by atoms with Crippen molar-refractivity contribution in [2.75, 3.05) is 24.3 Å². The summed E-state index contributed by atoms with van der Waals surface area (Å²) in [7, 11) is 3.84. The number of rotatable bonds is 5. The van der Waals surface area contributed by atoms with Gasteiger partial charge in [-0.25, -0.2) is 9.78 Å². The second kappa shape index (κ2) is 6.30. The molecule has 0 radical (unpaired) electrons. The fraction of sp³-hybridized carbons (Fsp3) is 0.333. The number of aryl methyl sites for hydroxylation is 1. The van der Waals surface area contributed by atoms with Gasteiger partial charge in [0.1, 0.15) is 5.82 Å². The van der Waals surface area contributed by atoms with E-state index in [1.54, 1.807) is 25.3 Å². The lowest BCUT2D eigenvalue weighted by atomic mass is 10.1. The maximum absolute atomic E-state index is 12.1. The average Bonchev–Trinajstić information content (AvgIpc) is 2.84. The fourth-order valence-corrected chi connectivity index (χ4v) is 2.11. The highest BCUT2D eigenvalue weighted by Crippen LogP contribution is 2.24. The summed E-state index contributed by atoms with van der Waals surface area (Å²) in [6.07, 6.45) is 3.64. The van der Waals surface area contributed by atoms with Crippen LogP contribution < -0.4 is 10.6 Å². The molecule has 0 atom stereocenters. The number of esters is 1. The van der Waals surface area contributed by atoms with Crippen LogP contribution in [0.25, 0.3) is 0 Å². The van der Waals surface area contributed by atoms with Crippen LogP contribution in [0.15, 0.2) is 30.6 Å². The van der Waals surface area contributed by atoms with Crippen molar-refractivity contribution in [3.05, 3.63) is 42.0 Å². The van der Waals surface area contributed by atoms with Crippen molar-refractivity contribution in [1.82, 2.24) is 9.55 Å². The molecule has 0 unspecified atom stereocenters. The summed E-state index contributed by atoms with van der Waals surface area (Å²) >= 11 is 0. The topological polar surface area (TPSA) is 73.4 Å². The molecule has 6 heteroatoms. The molecule has 0 aliphatic rings. The van der Waals surface area contributed by atoms with E-state index >= 15 is 0 Å². The van der Waals surface area contributed by atoms with Crippen LogP contribution in [0.3, 0.4) is 0 Å². The summed E-state index contributed by atoms with van der Waals surface area (Å²) in [6, 6.07) is 5.24. The molecule has 21 heavy (non-hydrogen) atoms. The number of imidazole rings is 1. The molecule has 0 saturated carbocycles. The van der Waals surface area contributed by atoms with E-state index in [0.717, 1.165) is 11.5 Å². The van der Waals surface area contributed by atoms with E-state index in [0.29, 0.717) is 24.4 Å². The van der Waals surface area contributed by atoms with Crippen LogP contribution in [0.4, 0.5) is 11.4 Å². The molecule has 1 aromatic carbocycles. The Labute approximate surface area is 124 Å². The number of aromatic nitrogens is 2. The molecule has 6 nitrogen and oxygen atoms in total. The lowest BCUT2D eigenvalue weighted by Gasteiger charge is -2.22. The van der Waals surface area contributed by atoms with E-state index in [-0.39, 0.29) is 5.97 Å². The van der Waals surface area contributed by atoms with E-state index < -0.39 is 0 Å². The minimum absolute atomic E-state index is 0.330. The van der Waals surface area contributed by atoms with Crippen LogP contribution in [0, 0.1) is 0 Å². The molecule has 112 valence electrons. The smallest absolute Gasteiger partial charge is 0.340 e. The Morgan fingerprint density at radius 1 is 1.48 bits per heavy atom. The average molecular weight is 288 g/mol. The number of nitrogen functional groups attached to an aromatic ring is 1. The number of hydrogen-bond donors (Lipinski definition) is 1. The molecule has 2 N–H and O–H groups in total. The van der Waals surface area contributed by atoms with Gasteiger partial charge in [-0.05, 0) is 25.1 Å². The molecule has 0 bridgehead atoms. The van der Waals surface area contributed by atoms with Crippen LogP contribution in [-0.2, 0) is 18.3 Å². The van der Waals surface area contributed by atoms with Gasteiger partial charge in [-0.1, -0.05) is 0 Å². The Morgan fingerprint density at radius 3 is 2.86 bits per heavy atom. The van der Waals surface area contributed by atoms with Crippen LogP contribution in [0.5, 0.6) is 0 Å². The predicted octanol–water partition coefficient (Wildman–Crippen LogP) is 1.82. The minimum atomic E-state index is -0.369. The van der Waals surface area contributed by atoms with Gasteiger partial charge in [0.15, 0.2) is 0 Å². The van der Waals surface area contributed by atoms with Gasteiger partial charge < -0.3 is 19.9 Å². The number of ether oxygens (including phenoxy) is 1. The lowest BCUT2D eigenvalue weighted by Crippen LogP contribution is -2.22. The minimum Gasteiger partial charge on any atom is -0.462 e. The summed E-state index contributed by atoms with van der Waals surface area (Å²) in [5, 5.41) is 0. The Balaban J connectivity index is 2.29. The fourth-order valence-electron chi connectivity index (χ4n) is 2.11. The highest BCUT2D eigenvalue weighted by atomic mass is 16.5. The quantitative estimate of drug-likeness (QED) is 0.671. The van der Waals surface area contributed by atoms with Crippen molar-refractivity contribution < 1.29 is 9.53 Å². The summed E-state index contributed by atoms with van der Waals surface area (Å²) in [6.45, 7) is 2.69. The summed E-state index contributed by atoms with van der Waals surface area (Å²) < 4.78 is 7.03. The number of nitrogens with zero attached hydrogens (tertiary/aromatic N) is 3. The molecule has 1 aromatic heterocycles. The number of nitrogens with two attached hydrogens (primary N) is 1. The van der Waals surface area contributed by atoms with E-state index in [4.69, 9.17) is 10.5 Å². The largest absolute Gasteiger partial charge is 0.462 e. The predicted molar refractivity (Wildman–Crippen MR) is 82.1 cm³/mol. The summed E-state index contributed by atoms with van der Waals surface area (Å²) in [5.74, 6) is 0.538. The van der Waals surface area contributed by atoms with Crippen molar-refractivity contribution in [3.63, 3.8) is 0 Å². The molecule has 0 aliphatic carbocycles. The van der Waals surface area contributed by atoms with Crippen molar-refractivity contribution in [2.24, 2.45) is 7.05 Å². The van der Waals surface area contributed by atoms with Crippen molar-refractivity contribution in [1.29, 1.82) is 0 Å². The normalized spacial score (nSPS) is 10.4. The zero-order valence-electron chi connectivity index (χ0n) is 12.5. The molecular formula is C15H20N4O2. The van der Waals surface area contributed by atoms with Gasteiger partial charge in [-0.3, -0.25) is 0 Å². The standard InChI is InChI=1S/C15H20N4O2/c1-4-21-15(20)12-9-11(16)5-6-13(12)19(3)10-14-17-7-8-18(14)2/h5-9H,4,10,16H2,1-3H3. The third-order valence-corrected chi connectivity index (χ3v) is 3.23. The first kappa shape index (κ1) is 14.9. The number of carbonyl (C=O) groups excluding carboxylic acids is 1. The SMILES string of the molecule is CCOC(=O)c1cc(N)ccc1N(C)Cc1nccn1C. The second-order valence-electron chi connectivity index (χ2n) is 4.81. The zero-order chi connectivity index (χ0) is 15.4. The van der Waals surface area contributed by atoms with Crippen LogP contribution in [0.1, 0.15) is 23.1 Å². The van der Waals surface area contributed by atoms with Crippen molar-refractivity contribution >= 4 is 17.3 Å². The first-order valence-electron chi connectivity index (χ1n) is 6.77. The van der Waals surface area contributed by atoms with Crippen LogP contribution >= 0.6 is 0 Å². The Morgan fingerprint density at radius 2 is 2.24 bits per heavy atom. The van der Waals surface area contributed by atoms with Gasteiger partial charge in [-0.15, -0.1) is 0 Å². The molecule has 0 saturated heterocycles. The highest BCUT2D eigenvalue weighted by Gasteiger charge is 2.17. The molecule has 0 aliphatic heterocycles. The molecule has 2 aromatic rings. The molecule has 1 heterocycles. The van der Waals surface area contributed by atoms with Crippen molar-refractivity contribution in [2.45, 2.75) is 13.5 Å². The Kier molecular flexibility index (Phi) is 4.47. The summed E-state index contributed by atoms with van der Waals surface area (Å²) in [4.78, 5) is 18.3. The first-order chi connectivity index (χ1) is 10.0. The Hall–Kier alpha value is -2.50. The number of benzene rings is 1. The van der Waals surface area contributed by atoms with Gasteiger partial charge >= 0.3 is 5.97 Å². The molecule has 0 spiro atoms. The molecular weight excluding hydrogens is 268 g/mol. The highest BCUT2D eigenvalue weighted by molar-refractivity contribution is 5.97. The van der Waals surface area contributed by atoms with Gasteiger partial charge in [0, 0.05) is 32.2 Å². The van der Waals surface area contributed by atoms with Gasteiger partial charge in [0.25, 0.3) is 0 Å². The van der Waals surface area contributed by atoms with E-state index in [1.165, 1.54) is 0 Å². The van der Waals surface area contributed by atoms with Gasteiger partial charge in [0.2, 0.25) is 0 Å². The third-order valence-electron chi connectivity index (χ3n) is 3.23. The molecule has 0 amide bonds. The number of carbonyl (C=O) groups is 1.